The zero-order valence-corrected chi connectivity index (χ0v) is 17.6. The Hall–Kier alpha value is -3.58. The van der Waals surface area contributed by atoms with Crippen LogP contribution in [0.5, 0.6) is 5.88 Å². The molecule has 0 amide bonds. The molecule has 0 bridgehead atoms. The van der Waals surface area contributed by atoms with Gasteiger partial charge in [0.05, 0.1) is 10.9 Å². The fourth-order valence-electron chi connectivity index (χ4n) is 3.66. The Labute approximate surface area is 177 Å². The van der Waals surface area contributed by atoms with Crippen molar-refractivity contribution in [3.63, 3.8) is 0 Å². The van der Waals surface area contributed by atoms with Crippen LogP contribution in [0.2, 0.25) is 0 Å². The molecular weight excluding hydrogens is 394 g/mol. The second-order valence-corrected chi connectivity index (χ2v) is 8.35. The van der Waals surface area contributed by atoms with E-state index in [4.69, 9.17) is 0 Å². The SMILES string of the molecule is Cc1cc(C)c2[nH]c(O)c(N=Nc3nc(C)nc4sc(-c5ccccc5)cc34)c2c1. The molecule has 0 aliphatic carbocycles. The van der Waals surface area contributed by atoms with Gasteiger partial charge in [0.25, 0.3) is 0 Å². The number of thiophene rings is 1. The Kier molecular flexibility index (Phi) is 4.33. The molecular formula is C23H19N5OS. The van der Waals surface area contributed by atoms with E-state index in [1.807, 2.05) is 51.1 Å². The highest BCUT2D eigenvalue weighted by atomic mass is 32.1. The number of H-pyrrole nitrogens is 1. The van der Waals surface area contributed by atoms with Crippen molar-refractivity contribution in [2.24, 2.45) is 10.2 Å². The van der Waals surface area contributed by atoms with Crippen molar-refractivity contribution in [1.82, 2.24) is 15.0 Å². The molecule has 3 heterocycles. The predicted octanol–water partition coefficient (Wildman–Crippen LogP) is 6.89. The molecule has 3 aromatic heterocycles. The summed E-state index contributed by atoms with van der Waals surface area (Å²) in [6, 6.07) is 16.3. The molecule has 0 aliphatic rings. The first kappa shape index (κ1) is 18.4. The number of aromatic amines is 1. The molecule has 0 atom stereocenters. The van der Waals surface area contributed by atoms with E-state index in [1.54, 1.807) is 11.3 Å². The van der Waals surface area contributed by atoms with Crippen molar-refractivity contribution >= 4 is 44.0 Å². The Bertz CT molecular complexity index is 1430. The van der Waals surface area contributed by atoms with Crippen LogP contribution in [0.3, 0.4) is 0 Å². The Balaban J connectivity index is 1.64. The van der Waals surface area contributed by atoms with Crippen molar-refractivity contribution in [2.45, 2.75) is 20.8 Å². The van der Waals surface area contributed by atoms with Crippen LogP contribution >= 0.6 is 11.3 Å². The third-order valence-electron chi connectivity index (χ3n) is 4.99. The van der Waals surface area contributed by atoms with E-state index in [0.717, 1.165) is 42.7 Å². The molecule has 30 heavy (non-hydrogen) atoms. The molecule has 0 fully saturated rings. The highest BCUT2D eigenvalue weighted by Crippen LogP contribution is 2.40. The molecule has 0 saturated carbocycles. The number of rotatable bonds is 3. The summed E-state index contributed by atoms with van der Waals surface area (Å²) in [4.78, 5) is 14.0. The third kappa shape index (κ3) is 3.13. The summed E-state index contributed by atoms with van der Waals surface area (Å²) in [5, 5.41) is 20.9. The number of aromatic hydroxyl groups is 1. The van der Waals surface area contributed by atoms with Gasteiger partial charge in [-0.25, -0.2) is 9.97 Å². The number of benzene rings is 2. The molecule has 2 aromatic carbocycles. The van der Waals surface area contributed by atoms with Crippen LogP contribution in [0, 0.1) is 20.8 Å². The minimum absolute atomic E-state index is 0.000217. The van der Waals surface area contributed by atoms with Crippen LogP contribution in [0.4, 0.5) is 11.5 Å². The molecule has 0 unspecified atom stereocenters. The monoisotopic (exact) mass is 413 g/mol. The van der Waals surface area contributed by atoms with Gasteiger partial charge in [-0.05, 0) is 44.0 Å². The van der Waals surface area contributed by atoms with Crippen LogP contribution < -0.4 is 0 Å². The highest BCUT2D eigenvalue weighted by molar-refractivity contribution is 7.21. The molecule has 0 saturated heterocycles. The van der Waals surface area contributed by atoms with E-state index < -0.39 is 0 Å². The summed E-state index contributed by atoms with van der Waals surface area (Å²) in [7, 11) is 0. The lowest BCUT2D eigenvalue weighted by Crippen LogP contribution is -1.85. The van der Waals surface area contributed by atoms with Crippen LogP contribution in [0.25, 0.3) is 31.6 Å². The Morgan fingerprint density at radius 1 is 0.933 bits per heavy atom. The minimum atomic E-state index is -0.000217. The minimum Gasteiger partial charge on any atom is -0.493 e. The summed E-state index contributed by atoms with van der Waals surface area (Å²) in [6.07, 6.45) is 0. The molecule has 2 N–H and O–H groups in total. The summed E-state index contributed by atoms with van der Waals surface area (Å²) in [5.41, 5.74) is 4.55. The number of hydrogen-bond acceptors (Lipinski definition) is 6. The summed E-state index contributed by atoms with van der Waals surface area (Å²) < 4.78 is 0. The van der Waals surface area contributed by atoms with Gasteiger partial charge in [-0.2, -0.15) is 0 Å². The van der Waals surface area contributed by atoms with Crippen LogP contribution in [-0.4, -0.2) is 20.1 Å². The maximum absolute atomic E-state index is 10.4. The molecule has 0 radical (unpaired) electrons. The van der Waals surface area contributed by atoms with E-state index in [2.05, 4.69) is 43.4 Å². The van der Waals surface area contributed by atoms with Crippen LogP contribution in [0.1, 0.15) is 17.0 Å². The summed E-state index contributed by atoms with van der Waals surface area (Å²) in [6.45, 7) is 5.86. The fraction of sp³-hybridized carbons (Fsp3) is 0.130. The Morgan fingerprint density at radius 2 is 1.73 bits per heavy atom. The van der Waals surface area contributed by atoms with E-state index in [-0.39, 0.29) is 5.88 Å². The van der Waals surface area contributed by atoms with Crippen LogP contribution in [-0.2, 0) is 0 Å². The number of azo groups is 1. The number of nitrogens with one attached hydrogen (secondary N) is 1. The third-order valence-corrected chi connectivity index (χ3v) is 6.07. The van der Waals surface area contributed by atoms with E-state index in [0.29, 0.717) is 17.3 Å². The molecule has 0 spiro atoms. The van der Waals surface area contributed by atoms with Gasteiger partial charge in [0.2, 0.25) is 5.88 Å². The average Bonchev–Trinajstić information content (AvgIpc) is 3.28. The fourth-order valence-corrected chi connectivity index (χ4v) is 4.73. The van der Waals surface area contributed by atoms with E-state index in [1.165, 1.54) is 0 Å². The molecule has 5 rings (SSSR count). The van der Waals surface area contributed by atoms with Crippen molar-refractivity contribution in [3.05, 3.63) is 65.5 Å². The molecule has 148 valence electrons. The normalized spacial score (nSPS) is 11.8. The smallest absolute Gasteiger partial charge is 0.218 e. The van der Waals surface area contributed by atoms with Gasteiger partial charge in [-0.15, -0.1) is 21.6 Å². The lowest BCUT2D eigenvalue weighted by molar-refractivity contribution is 0.459. The zero-order valence-electron chi connectivity index (χ0n) is 16.8. The molecule has 7 heteroatoms. The van der Waals surface area contributed by atoms with Gasteiger partial charge in [0, 0.05) is 10.3 Å². The van der Waals surface area contributed by atoms with E-state index in [9.17, 15) is 5.11 Å². The number of aryl methyl sites for hydroxylation is 3. The summed E-state index contributed by atoms with van der Waals surface area (Å²) >= 11 is 1.60. The first-order valence-corrected chi connectivity index (χ1v) is 10.4. The highest BCUT2D eigenvalue weighted by Gasteiger charge is 2.15. The van der Waals surface area contributed by atoms with Crippen molar-refractivity contribution in [1.29, 1.82) is 0 Å². The molecule has 5 aromatic rings. The number of nitrogens with zero attached hydrogens (tertiary/aromatic N) is 4. The van der Waals surface area contributed by atoms with Crippen molar-refractivity contribution < 1.29 is 5.11 Å². The topological polar surface area (TPSA) is 86.5 Å². The standard InChI is InChI=1S/C23H19N5OS/c1-12-9-13(2)19-16(10-12)20(22(29)26-19)27-28-21-17-11-18(15-7-5-4-6-8-15)30-23(17)25-14(3)24-21/h4-11,26,29H,1-3H3. The Morgan fingerprint density at radius 3 is 2.53 bits per heavy atom. The van der Waals surface area contributed by atoms with Gasteiger partial charge in [0.15, 0.2) is 11.5 Å². The zero-order chi connectivity index (χ0) is 20.8. The largest absolute Gasteiger partial charge is 0.493 e. The summed E-state index contributed by atoms with van der Waals surface area (Å²) in [5.74, 6) is 1.13. The molecule has 0 aliphatic heterocycles. The first-order valence-electron chi connectivity index (χ1n) is 9.57. The molecule has 6 nitrogen and oxygen atoms in total. The number of fused-ring (bicyclic) bond motifs is 2. The quantitative estimate of drug-likeness (QED) is 0.316. The maximum Gasteiger partial charge on any atom is 0.218 e. The predicted molar refractivity (Wildman–Crippen MR) is 121 cm³/mol. The van der Waals surface area contributed by atoms with Gasteiger partial charge in [0.1, 0.15) is 10.7 Å². The number of hydrogen-bond donors (Lipinski definition) is 2. The van der Waals surface area contributed by atoms with Crippen molar-refractivity contribution in [2.75, 3.05) is 0 Å². The van der Waals surface area contributed by atoms with Crippen LogP contribution in [0.15, 0.2) is 58.8 Å². The van der Waals surface area contributed by atoms with Crippen molar-refractivity contribution in [3.8, 4) is 16.3 Å². The second kappa shape index (κ2) is 7.03. The van der Waals surface area contributed by atoms with Gasteiger partial charge < -0.3 is 10.1 Å². The second-order valence-electron chi connectivity index (χ2n) is 7.32. The average molecular weight is 414 g/mol. The first-order chi connectivity index (χ1) is 14.5. The van der Waals surface area contributed by atoms with Gasteiger partial charge >= 0.3 is 0 Å². The van der Waals surface area contributed by atoms with Gasteiger partial charge in [-0.3, -0.25) is 0 Å². The lowest BCUT2D eigenvalue weighted by Gasteiger charge is -1.99. The van der Waals surface area contributed by atoms with E-state index >= 15 is 0 Å². The number of aromatic nitrogens is 3. The maximum atomic E-state index is 10.4. The van der Waals surface area contributed by atoms with Gasteiger partial charge in [-0.1, -0.05) is 42.0 Å². The lowest BCUT2D eigenvalue weighted by atomic mass is 10.1.